The number of benzene rings is 1. The molecule has 29 heavy (non-hydrogen) atoms. The second-order valence-corrected chi connectivity index (χ2v) is 8.86. The predicted molar refractivity (Wildman–Crippen MR) is 112 cm³/mol. The van der Waals surface area contributed by atoms with E-state index in [-0.39, 0.29) is 24.2 Å². The number of hydrogen-bond donors (Lipinski definition) is 1. The van der Waals surface area contributed by atoms with E-state index in [2.05, 4.69) is 11.4 Å². The standard InChI is InChI=1S/C22H26N2O4S/c25-21-12-17(13-24(21)14-19-5-2-8-28-19)22(26)23-18-4-1-3-16(11-18)15-29-20-6-9-27-10-7-20/h1-5,8,11,17,20H,6-7,9-10,12-15H2,(H,23,26). The molecule has 0 bridgehead atoms. The van der Waals surface area contributed by atoms with Gasteiger partial charge in [0.1, 0.15) is 5.76 Å². The number of nitrogens with zero attached hydrogens (tertiary/aromatic N) is 1. The molecule has 7 heteroatoms. The monoisotopic (exact) mass is 414 g/mol. The lowest BCUT2D eigenvalue weighted by Crippen LogP contribution is -2.27. The summed E-state index contributed by atoms with van der Waals surface area (Å²) in [5, 5.41) is 3.64. The average Bonchev–Trinajstić information content (AvgIpc) is 3.38. The summed E-state index contributed by atoms with van der Waals surface area (Å²) in [5.74, 6) is 1.21. The number of rotatable bonds is 7. The van der Waals surface area contributed by atoms with Crippen LogP contribution in [-0.4, -0.2) is 41.7 Å². The molecule has 154 valence electrons. The number of ether oxygens (including phenoxy) is 1. The summed E-state index contributed by atoms with van der Waals surface area (Å²) < 4.78 is 10.7. The van der Waals surface area contributed by atoms with E-state index < -0.39 is 0 Å². The molecule has 4 rings (SSSR count). The Bertz CT molecular complexity index is 833. The van der Waals surface area contributed by atoms with E-state index in [9.17, 15) is 9.59 Å². The first-order valence-corrected chi connectivity index (χ1v) is 11.1. The number of carbonyl (C=O) groups excluding carboxylic acids is 2. The molecule has 2 fully saturated rings. The van der Waals surface area contributed by atoms with Gasteiger partial charge in [0.2, 0.25) is 11.8 Å². The van der Waals surface area contributed by atoms with Crippen molar-refractivity contribution in [3.63, 3.8) is 0 Å². The summed E-state index contributed by atoms with van der Waals surface area (Å²) in [6, 6.07) is 11.6. The van der Waals surface area contributed by atoms with Crippen LogP contribution in [0.5, 0.6) is 0 Å². The van der Waals surface area contributed by atoms with Gasteiger partial charge in [0.15, 0.2) is 0 Å². The molecule has 1 aromatic carbocycles. The van der Waals surface area contributed by atoms with E-state index >= 15 is 0 Å². The fraction of sp³-hybridized carbons (Fsp3) is 0.455. The van der Waals surface area contributed by atoms with E-state index in [4.69, 9.17) is 9.15 Å². The van der Waals surface area contributed by atoms with Crippen LogP contribution in [0.25, 0.3) is 0 Å². The van der Waals surface area contributed by atoms with Crippen LogP contribution in [0.15, 0.2) is 47.1 Å². The minimum absolute atomic E-state index is 0.0110. The number of furan rings is 1. The topological polar surface area (TPSA) is 71.8 Å². The van der Waals surface area contributed by atoms with Gasteiger partial charge in [0.05, 0.1) is 18.7 Å². The van der Waals surface area contributed by atoms with Crippen molar-refractivity contribution in [1.29, 1.82) is 0 Å². The Hall–Kier alpha value is -2.25. The maximum absolute atomic E-state index is 12.7. The molecule has 1 N–H and O–H groups in total. The maximum Gasteiger partial charge on any atom is 0.229 e. The molecule has 1 unspecified atom stereocenters. The van der Waals surface area contributed by atoms with Gasteiger partial charge in [-0.2, -0.15) is 11.8 Å². The first-order chi connectivity index (χ1) is 14.2. The molecule has 0 aliphatic carbocycles. The smallest absolute Gasteiger partial charge is 0.229 e. The third-order valence-corrected chi connectivity index (χ3v) is 6.80. The van der Waals surface area contributed by atoms with Gasteiger partial charge in [-0.05, 0) is 42.7 Å². The zero-order valence-corrected chi connectivity index (χ0v) is 17.2. The van der Waals surface area contributed by atoms with E-state index in [0.717, 1.165) is 43.3 Å². The molecular formula is C22H26N2O4S. The van der Waals surface area contributed by atoms with Crippen molar-refractivity contribution in [2.45, 2.75) is 36.8 Å². The fourth-order valence-electron chi connectivity index (χ4n) is 3.73. The molecule has 0 saturated carbocycles. The van der Waals surface area contributed by atoms with Crippen molar-refractivity contribution in [3.8, 4) is 0 Å². The first-order valence-electron chi connectivity index (χ1n) is 10.1. The van der Waals surface area contributed by atoms with Crippen molar-refractivity contribution >= 4 is 29.3 Å². The van der Waals surface area contributed by atoms with Gasteiger partial charge < -0.3 is 19.4 Å². The number of nitrogens with one attached hydrogen (secondary N) is 1. The van der Waals surface area contributed by atoms with Gasteiger partial charge >= 0.3 is 0 Å². The quantitative estimate of drug-likeness (QED) is 0.748. The molecule has 0 spiro atoms. The molecule has 3 heterocycles. The Labute approximate surface area is 175 Å². The number of hydrogen-bond acceptors (Lipinski definition) is 5. The van der Waals surface area contributed by atoms with Gasteiger partial charge in [0.25, 0.3) is 0 Å². The summed E-state index contributed by atoms with van der Waals surface area (Å²) in [6.07, 6.45) is 4.04. The van der Waals surface area contributed by atoms with Crippen LogP contribution in [0.3, 0.4) is 0 Å². The Balaban J connectivity index is 1.29. The van der Waals surface area contributed by atoms with Crippen LogP contribution < -0.4 is 5.32 Å². The minimum Gasteiger partial charge on any atom is -0.467 e. The summed E-state index contributed by atoms with van der Waals surface area (Å²) in [6.45, 7) is 2.54. The van der Waals surface area contributed by atoms with E-state index in [0.29, 0.717) is 18.3 Å². The van der Waals surface area contributed by atoms with E-state index in [1.54, 1.807) is 17.2 Å². The lowest BCUT2D eigenvalue weighted by Gasteiger charge is -2.21. The van der Waals surface area contributed by atoms with Gasteiger partial charge in [-0.1, -0.05) is 12.1 Å². The van der Waals surface area contributed by atoms with E-state index in [1.165, 1.54) is 5.56 Å². The second-order valence-electron chi connectivity index (χ2n) is 7.57. The fourth-order valence-corrected chi connectivity index (χ4v) is 4.86. The number of likely N-dealkylation sites (tertiary alicyclic amines) is 1. The number of amides is 2. The maximum atomic E-state index is 12.7. The molecular weight excluding hydrogens is 388 g/mol. The van der Waals surface area contributed by atoms with Crippen molar-refractivity contribution < 1.29 is 18.7 Å². The van der Waals surface area contributed by atoms with Crippen LogP contribution in [0.2, 0.25) is 0 Å². The number of thioether (sulfide) groups is 1. The summed E-state index contributed by atoms with van der Waals surface area (Å²) >= 11 is 1.95. The van der Waals surface area contributed by atoms with Crippen LogP contribution in [0.4, 0.5) is 5.69 Å². The van der Waals surface area contributed by atoms with Crippen molar-refractivity contribution in [2.24, 2.45) is 5.92 Å². The highest BCUT2D eigenvalue weighted by atomic mass is 32.2. The minimum atomic E-state index is -0.335. The normalized spacial score (nSPS) is 20.2. The van der Waals surface area contributed by atoms with E-state index in [1.807, 2.05) is 36.0 Å². The first kappa shape index (κ1) is 20.0. The zero-order valence-electron chi connectivity index (χ0n) is 16.3. The highest BCUT2D eigenvalue weighted by molar-refractivity contribution is 7.99. The molecule has 1 aromatic heterocycles. The second kappa shape index (κ2) is 9.50. The molecule has 2 aliphatic rings. The average molecular weight is 415 g/mol. The molecule has 2 amide bonds. The summed E-state index contributed by atoms with van der Waals surface area (Å²) in [4.78, 5) is 26.6. The number of carbonyl (C=O) groups is 2. The predicted octanol–water partition coefficient (Wildman–Crippen LogP) is 3.68. The molecule has 6 nitrogen and oxygen atoms in total. The van der Waals surface area contributed by atoms with Crippen molar-refractivity contribution in [3.05, 3.63) is 54.0 Å². The molecule has 0 radical (unpaired) electrons. The van der Waals surface area contributed by atoms with Crippen LogP contribution in [0, 0.1) is 5.92 Å². The Morgan fingerprint density at radius 3 is 2.86 bits per heavy atom. The van der Waals surface area contributed by atoms with Crippen molar-refractivity contribution in [1.82, 2.24) is 4.90 Å². The van der Waals surface area contributed by atoms with Crippen LogP contribution >= 0.6 is 11.8 Å². The van der Waals surface area contributed by atoms with Crippen molar-refractivity contribution in [2.75, 3.05) is 25.1 Å². The summed E-state index contributed by atoms with van der Waals surface area (Å²) in [7, 11) is 0. The van der Waals surface area contributed by atoms with Gasteiger partial charge in [-0.3, -0.25) is 9.59 Å². The highest BCUT2D eigenvalue weighted by Gasteiger charge is 2.34. The Morgan fingerprint density at radius 2 is 2.07 bits per heavy atom. The third kappa shape index (κ3) is 5.42. The van der Waals surface area contributed by atoms with Crippen LogP contribution in [0.1, 0.15) is 30.6 Å². The summed E-state index contributed by atoms with van der Waals surface area (Å²) in [5.41, 5.74) is 1.98. The highest BCUT2D eigenvalue weighted by Crippen LogP contribution is 2.27. The lowest BCUT2D eigenvalue weighted by molar-refractivity contribution is -0.128. The largest absolute Gasteiger partial charge is 0.467 e. The Kier molecular flexibility index (Phi) is 6.56. The van der Waals surface area contributed by atoms with Crippen LogP contribution in [-0.2, 0) is 26.6 Å². The van der Waals surface area contributed by atoms with Gasteiger partial charge in [-0.25, -0.2) is 0 Å². The molecule has 2 aromatic rings. The third-order valence-electron chi connectivity index (χ3n) is 5.36. The molecule has 2 saturated heterocycles. The van der Waals surface area contributed by atoms with Gasteiger partial charge in [0, 0.05) is 42.9 Å². The SMILES string of the molecule is O=C(Nc1cccc(CSC2CCOCC2)c1)C1CC(=O)N(Cc2ccco2)C1. The zero-order chi connectivity index (χ0) is 20.1. The number of anilines is 1. The Morgan fingerprint density at radius 1 is 1.21 bits per heavy atom. The molecule has 2 aliphatic heterocycles. The van der Waals surface area contributed by atoms with Gasteiger partial charge in [-0.15, -0.1) is 0 Å². The molecule has 1 atom stereocenters. The lowest BCUT2D eigenvalue weighted by atomic mass is 10.1.